The van der Waals surface area contributed by atoms with Gasteiger partial charge in [0.2, 0.25) is 0 Å². The molecule has 0 saturated carbocycles. The lowest BCUT2D eigenvalue weighted by molar-refractivity contribution is -1.02. The summed E-state index contributed by atoms with van der Waals surface area (Å²) in [5.74, 6) is 0. The standard InChI is InChI=1S/C17H20BrN3/c18-16-5-3-4-15(12-16)13-20-8-10-21(11-9-20)14-17-6-1-2-7-19-17/h1-7,12H,8-11,13-14H2/p+2. The first kappa shape index (κ1) is 14.7. The molecule has 2 heterocycles. The van der Waals surface area contributed by atoms with Crippen LogP contribution in [0.2, 0.25) is 0 Å². The molecule has 0 atom stereocenters. The topological polar surface area (TPSA) is 21.8 Å². The van der Waals surface area contributed by atoms with Crippen molar-refractivity contribution in [3.8, 4) is 0 Å². The number of halogens is 1. The van der Waals surface area contributed by atoms with E-state index in [0.29, 0.717) is 0 Å². The summed E-state index contributed by atoms with van der Waals surface area (Å²) >= 11 is 3.55. The minimum atomic E-state index is 1.06. The summed E-state index contributed by atoms with van der Waals surface area (Å²) in [6.45, 7) is 7.16. The number of quaternary nitrogens is 2. The van der Waals surface area contributed by atoms with Crippen LogP contribution in [0.3, 0.4) is 0 Å². The number of benzene rings is 1. The maximum Gasteiger partial charge on any atom is 0.127 e. The summed E-state index contributed by atoms with van der Waals surface area (Å²) in [4.78, 5) is 7.79. The van der Waals surface area contributed by atoms with E-state index in [9.17, 15) is 0 Å². The number of nitrogens with zero attached hydrogens (tertiary/aromatic N) is 1. The van der Waals surface area contributed by atoms with Crippen LogP contribution >= 0.6 is 15.9 Å². The SMILES string of the molecule is Brc1cccc(C[NH+]2CC[NH+](Cc3ccccn3)CC2)c1. The third-order valence-electron chi connectivity index (χ3n) is 4.16. The van der Waals surface area contributed by atoms with E-state index in [0.717, 1.165) is 13.1 Å². The van der Waals surface area contributed by atoms with Crippen molar-refractivity contribution in [1.82, 2.24) is 4.98 Å². The molecular formula is C17H22BrN3+2. The molecule has 0 unspecified atom stereocenters. The minimum Gasteiger partial charge on any atom is -0.322 e. The van der Waals surface area contributed by atoms with Gasteiger partial charge in [-0.15, -0.1) is 0 Å². The van der Waals surface area contributed by atoms with Crippen LogP contribution in [0.5, 0.6) is 0 Å². The zero-order valence-corrected chi connectivity index (χ0v) is 13.8. The van der Waals surface area contributed by atoms with Crippen molar-refractivity contribution in [3.05, 3.63) is 64.4 Å². The fraction of sp³-hybridized carbons (Fsp3) is 0.353. The van der Waals surface area contributed by atoms with Crippen LogP contribution in [0.4, 0.5) is 0 Å². The molecule has 1 fully saturated rings. The van der Waals surface area contributed by atoms with E-state index < -0.39 is 0 Å². The monoisotopic (exact) mass is 347 g/mol. The van der Waals surface area contributed by atoms with Gasteiger partial charge in [0.1, 0.15) is 39.3 Å². The summed E-state index contributed by atoms with van der Waals surface area (Å²) in [5, 5.41) is 0. The Morgan fingerprint density at radius 1 is 0.905 bits per heavy atom. The van der Waals surface area contributed by atoms with Crippen LogP contribution in [-0.2, 0) is 13.1 Å². The molecule has 2 N–H and O–H groups in total. The Labute approximate surface area is 134 Å². The van der Waals surface area contributed by atoms with Crippen molar-refractivity contribution in [2.24, 2.45) is 0 Å². The Morgan fingerprint density at radius 3 is 2.33 bits per heavy atom. The molecule has 1 aliphatic heterocycles. The van der Waals surface area contributed by atoms with Gasteiger partial charge >= 0.3 is 0 Å². The number of rotatable bonds is 4. The molecule has 1 aromatic heterocycles. The molecule has 0 amide bonds. The molecule has 21 heavy (non-hydrogen) atoms. The molecule has 1 aromatic carbocycles. The Bertz CT molecular complexity index is 565. The van der Waals surface area contributed by atoms with Gasteiger partial charge in [-0.25, -0.2) is 0 Å². The molecule has 3 rings (SSSR count). The van der Waals surface area contributed by atoms with Gasteiger partial charge in [0.25, 0.3) is 0 Å². The third-order valence-corrected chi connectivity index (χ3v) is 4.66. The lowest BCUT2D eigenvalue weighted by Gasteiger charge is -2.29. The second kappa shape index (κ2) is 7.16. The van der Waals surface area contributed by atoms with E-state index >= 15 is 0 Å². The van der Waals surface area contributed by atoms with Gasteiger partial charge in [-0.2, -0.15) is 0 Å². The highest BCUT2D eigenvalue weighted by Crippen LogP contribution is 2.10. The van der Waals surface area contributed by atoms with Gasteiger partial charge in [0.05, 0.1) is 5.69 Å². The first-order valence-electron chi connectivity index (χ1n) is 7.61. The zero-order valence-electron chi connectivity index (χ0n) is 12.2. The molecule has 1 aliphatic rings. The van der Waals surface area contributed by atoms with Crippen LogP contribution in [-0.4, -0.2) is 31.2 Å². The van der Waals surface area contributed by atoms with Crippen LogP contribution in [0.15, 0.2) is 53.1 Å². The van der Waals surface area contributed by atoms with E-state index in [1.54, 1.807) is 9.80 Å². The van der Waals surface area contributed by atoms with Crippen molar-refractivity contribution in [2.75, 3.05) is 26.2 Å². The molecule has 0 aliphatic carbocycles. The van der Waals surface area contributed by atoms with Gasteiger partial charge in [-0.3, -0.25) is 4.98 Å². The molecule has 1 saturated heterocycles. The summed E-state index contributed by atoms with van der Waals surface area (Å²) in [6.07, 6.45) is 1.89. The van der Waals surface area contributed by atoms with Gasteiger partial charge in [-0.1, -0.05) is 34.1 Å². The molecule has 0 spiro atoms. The van der Waals surface area contributed by atoms with Gasteiger partial charge in [0, 0.05) is 16.2 Å². The molecule has 4 heteroatoms. The number of nitrogens with one attached hydrogen (secondary N) is 2. The summed E-state index contributed by atoms with van der Waals surface area (Å²) in [5.41, 5.74) is 2.63. The molecule has 3 nitrogen and oxygen atoms in total. The Hall–Kier alpha value is -1.23. The highest BCUT2D eigenvalue weighted by Gasteiger charge is 2.23. The molecule has 110 valence electrons. The average Bonchev–Trinajstić information content (AvgIpc) is 2.50. The fourth-order valence-electron chi connectivity index (χ4n) is 3.01. The predicted molar refractivity (Wildman–Crippen MR) is 87.2 cm³/mol. The molecule has 0 bridgehead atoms. The first-order chi connectivity index (χ1) is 10.3. The average molecular weight is 348 g/mol. The quantitative estimate of drug-likeness (QED) is 0.817. The number of aromatic nitrogens is 1. The second-order valence-electron chi connectivity index (χ2n) is 5.80. The lowest BCUT2D eigenvalue weighted by atomic mass is 10.2. The Morgan fingerprint density at radius 2 is 1.67 bits per heavy atom. The normalized spacial score (nSPS) is 22.1. The van der Waals surface area contributed by atoms with Crippen LogP contribution in [0.25, 0.3) is 0 Å². The van der Waals surface area contributed by atoms with Crippen molar-refractivity contribution in [2.45, 2.75) is 13.1 Å². The number of hydrogen-bond acceptors (Lipinski definition) is 1. The van der Waals surface area contributed by atoms with E-state index in [-0.39, 0.29) is 0 Å². The van der Waals surface area contributed by atoms with Gasteiger partial charge in [0.15, 0.2) is 0 Å². The van der Waals surface area contributed by atoms with Crippen molar-refractivity contribution >= 4 is 15.9 Å². The first-order valence-corrected chi connectivity index (χ1v) is 8.40. The van der Waals surface area contributed by atoms with Crippen molar-refractivity contribution in [3.63, 3.8) is 0 Å². The molecule has 2 aromatic rings. The van der Waals surface area contributed by atoms with Crippen molar-refractivity contribution < 1.29 is 9.80 Å². The van der Waals surface area contributed by atoms with Gasteiger partial charge in [-0.05, 0) is 24.3 Å². The maximum atomic E-state index is 4.44. The molecule has 0 radical (unpaired) electrons. The lowest BCUT2D eigenvalue weighted by Crippen LogP contribution is -3.27. The van der Waals surface area contributed by atoms with Crippen LogP contribution in [0, 0.1) is 0 Å². The maximum absolute atomic E-state index is 4.44. The number of piperazine rings is 1. The highest BCUT2D eigenvalue weighted by atomic mass is 79.9. The zero-order chi connectivity index (χ0) is 14.5. The summed E-state index contributed by atoms with van der Waals surface area (Å²) in [6, 6.07) is 14.9. The predicted octanol–water partition coefficient (Wildman–Crippen LogP) is 0.328. The Kier molecular flexibility index (Phi) is 5.01. The van der Waals surface area contributed by atoms with Crippen LogP contribution in [0.1, 0.15) is 11.3 Å². The van der Waals surface area contributed by atoms with E-state index in [2.05, 4.69) is 57.3 Å². The van der Waals surface area contributed by atoms with E-state index in [1.165, 1.54) is 41.9 Å². The second-order valence-corrected chi connectivity index (χ2v) is 6.72. The molecular weight excluding hydrogens is 326 g/mol. The number of pyridine rings is 1. The summed E-state index contributed by atoms with van der Waals surface area (Å²) in [7, 11) is 0. The van der Waals surface area contributed by atoms with Crippen molar-refractivity contribution in [1.29, 1.82) is 0 Å². The largest absolute Gasteiger partial charge is 0.322 e. The smallest absolute Gasteiger partial charge is 0.127 e. The Balaban J connectivity index is 1.49. The van der Waals surface area contributed by atoms with Gasteiger partial charge < -0.3 is 9.80 Å². The van der Waals surface area contributed by atoms with E-state index in [1.807, 2.05) is 12.3 Å². The minimum absolute atomic E-state index is 1.06. The fourth-order valence-corrected chi connectivity index (χ4v) is 3.45. The number of hydrogen-bond donors (Lipinski definition) is 2. The third kappa shape index (κ3) is 4.37. The summed E-state index contributed by atoms with van der Waals surface area (Å²) < 4.78 is 1.18. The van der Waals surface area contributed by atoms with E-state index in [4.69, 9.17) is 0 Å². The van der Waals surface area contributed by atoms with Crippen LogP contribution < -0.4 is 9.80 Å². The highest BCUT2D eigenvalue weighted by molar-refractivity contribution is 9.10.